The molecule has 2 aromatic rings. The van der Waals surface area contributed by atoms with Crippen molar-refractivity contribution in [2.45, 2.75) is 17.9 Å². The minimum absolute atomic E-state index is 0.181. The Kier molecular flexibility index (Phi) is 4.29. The normalized spacial score (nSPS) is 20.0. The smallest absolute Gasteiger partial charge is 0.243 e. The van der Waals surface area contributed by atoms with Crippen LogP contribution in [0.25, 0.3) is 11.1 Å². The fraction of sp³-hybridized carbons (Fsp3) is 0.294. The van der Waals surface area contributed by atoms with Gasteiger partial charge in [-0.05, 0) is 30.2 Å². The van der Waals surface area contributed by atoms with Gasteiger partial charge in [0.05, 0.1) is 4.90 Å². The summed E-state index contributed by atoms with van der Waals surface area (Å²) in [5.74, 6) is 0. The summed E-state index contributed by atoms with van der Waals surface area (Å²) in [6.45, 7) is 3.72. The van der Waals surface area contributed by atoms with E-state index in [0.29, 0.717) is 24.5 Å². The first-order valence-corrected chi connectivity index (χ1v) is 8.90. The van der Waals surface area contributed by atoms with Crippen molar-refractivity contribution >= 4 is 10.0 Å². The molecule has 4 nitrogen and oxygen atoms in total. The zero-order chi connectivity index (χ0) is 15.6. The van der Waals surface area contributed by atoms with E-state index in [0.717, 1.165) is 11.1 Å². The van der Waals surface area contributed by atoms with Crippen molar-refractivity contribution in [1.82, 2.24) is 9.62 Å². The van der Waals surface area contributed by atoms with E-state index >= 15 is 0 Å². The molecular weight excluding hydrogens is 296 g/mol. The third kappa shape index (κ3) is 3.06. The van der Waals surface area contributed by atoms with Gasteiger partial charge in [-0.2, -0.15) is 4.31 Å². The predicted molar refractivity (Wildman–Crippen MR) is 88.1 cm³/mol. The summed E-state index contributed by atoms with van der Waals surface area (Å²) < 4.78 is 27.2. The van der Waals surface area contributed by atoms with Crippen LogP contribution < -0.4 is 5.32 Å². The van der Waals surface area contributed by atoms with Crippen molar-refractivity contribution in [3.05, 3.63) is 54.6 Å². The molecule has 0 aromatic heterocycles. The molecule has 0 saturated carbocycles. The standard InChI is InChI=1S/C17H20N2O2S/c1-14-13-19(11-10-18-14)22(20,21)17-9-5-8-16(12-17)15-6-3-2-4-7-15/h2-9,12,14,18H,10-11,13H2,1H3. The van der Waals surface area contributed by atoms with Crippen molar-refractivity contribution in [2.24, 2.45) is 0 Å². The van der Waals surface area contributed by atoms with Gasteiger partial charge in [0.1, 0.15) is 0 Å². The molecule has 3 rings (SSSR count). The second-order valence-electron chi connectivity index (χ2n) is 5.61. The lowest BCUT2D eigenvalue weighted by atomic mass is 10.1. The first kappa shape index (κ1) is 15.2. The number of nitrogens with one attached hydrogen (secondary N) is 1. The molecule has 1 atom stereocenters. The van der Waals surface area contributed by atoms with Crippen molar-refractivity contribution < 1.29 is 8.42 Å². The largest absolute Gasteiger partial charge is 0.312 e. The zero-order valence-corrected chi connectivity index (χ0v) is 13.4. The minimum atomic E-state index is -3.43. The number of hydrogen-bond donors (Lipinski definition) is 1. The monoisotopic (exact) mass is 316 g/mol. The summed E-state index contributed by atoms with van der Waals surface area (Å²) in [5.41, 5.74) is 1.94. The van der Waals surface area contributed by atoms with Crippen LogP contribution in [0.3, 0.4) is 0 Å². The van der Waals surface area contributed by atoms with Gasteiger partial charge in [0, 0.05) is 25.7 Å². The molecule has 1 N–H and O–H groups in total. The van der Waals surface area contributed by atoms with Crippen LogP contribution in [0.15, 0.2) is 59.5 Å². The Balaban J connectivity index is 1.94. The average Bonchev–Trinajstić information content (AvgIpc) is 2.56. The molecule has 1 unspecified atom stereocenters. The van der Waals surface area contributed by atoms with Crippen LogP contribution >= 0.6 is 0 Å². The highest BCUT2D eigenvalue weighted by Gasteiger charge is 2.28. The molecule has 0 bridgehead atoms. The molecule has 2 aromatic carbocycles. The van der Waals surface area contributed by atoms with E-state index in [1.54, 1.807) is 22.5 Å². The summed E-state index contributed by atoms with van der Waals surface area (Å²) >= 11 is 0. The van der Waals surface area contributed by atoms with E-state index in [9.17, 15) is 8.42 Å². The van der Waals surface area contributed by atoms with E-state index in [1.165, 1.54) is 0 Å². The molecule has 116 valence electrons. The van der Waals surface area contributed by atoms with Crippen LogP contribution in [0.5, 0.6) is 0 Å². The van der Waals surface area contributed by atoms with Crippen molar-refractivity contribution in [3.63, 3.8) is 0 Å². The lowest BCUT2D eigenvalue weighted by molar-refractivity contribution is 0.310. The van der Waals surface area contributed by atoms with Gasteiger partial charge in [-0.25, -0.2) is 8.42 Å². The highest BCUT2D eigenvalue weighted by Crippen LogP contribution is 2.24. The number of rotatable bonds is 3. The maximum absolute atomic E-state index is 12.8. The van der Waals surface area contributed by atoms with Crippen LogP contribution in [0.1, 0.15) is 6.92 Å². The molecule has 1 heterocycles. The molecule has 5 heteroatoms. The molecule has 0 radical (unpaired) electrons. The Labute approximate surface area is 131 Å². The Morgan fingerprint density at radius 3 is 2.50 bits per heavy atom. The maximum atomic E-state index is 12.8. The van der Waals surface area contributed by atoms with Crippen molar-refractivity contribution in [2.75, 3.05) is 19.6 Å². The highest BCUT2D eigenvalue weighted by atomic mass is 32.2. The molecule has 1 fully saturated rings. The third-order valence-electron chi connectivity index (χ3n) is 3.91. The molecule has 1 saturated heterocycles. The number of sulfonamides is 1. The van der Waals surface area contributed by atoms with Gasteiger partial charge in [-0.1, -0.05) is 42.5 Å². The lowest BCUT2D eigenvalue weighted by Crippen LogP contribution is -2.51. The third-order valence-corrected chi connectivity index (χ3v) is 5.77. The number of benzene rings is 2. The summed E-state index contributed by atoms with van der Waals surface area (Å²) in [5, 5.41) is 3.27. The van der Waals surface area contributed by atoms with Gasteiger partial charge in [0.2, 0.25) is 10.0 Å². The predicted octanol–water partition coefficient (Wildman–Crippen LogP) is 2.34. The van der Waals surface area contributed by atoms with E-state index < -0.39 is 10.0 Å². The fourth-order valence-corrected chi connectivity index (χ4v) is 4.31. The average molecular weight is 316 g/mol. The Bertz CT molecular complexity index is 744. The first-order chi connectivity index (χ1) is 10.6. The van der Waals surface area contributed by atoms with E-state index in [1.807, 2.05) is 43.3 Å². The van der Waals surface area contributed by atoms with Crippen LogP contribution in [0.4, 0.5) is 0 Å². The van der Waals surface area contributed by atoms with Crippen LogP contribution in [0.2, 0.25) is 0 Å². The van der Waals surface area contributed by atoms with Gasteiger partial charge >= 0.3 is 0 Å². The molecule has 22 heavy (non-hydrogen) atoms. The minimum Gasteiger partial charge on any atom is -0.312 e. The number of hydrogen-bond acceptors (Lipinski definition) is 3. The van der Waals surface area contributed by atoms with Gasteiger partial charge < -0.3 is 5.32 Å². The Morgan fingerprint density at radius 1 is 1.05 bits per heavy atom. The molecule has 0 aliphatic carbocycles. The van der Waals surface area contributed by atoms with E-state index in [4.69, 9.17) is 0 Å². The van der Waals surface area contributed by atoms with Gasteiger partial charge in [-0.3, -0.25) is 0 Å². The van der Waals surface area contributed by atoms with Crippen LogP contribution in [0, 0.1) is 0 Å². The molecule has 1 aliphatic rings. The maximum Gasteiger partial charge on any atom is 0.243 e. The quantitative estimate of drug-likeness (QED) is 0.945. The van der Waals surface area contributed by atoms with Crippen molar-refractivity contribution in [3.8, 4) is 11.1 Å². The second-order valence-corrected chi connectivity index (χ2v) is 7.55. The topological polar surface area (TPSA) is 49.4 Å². The summed E-state index contributed by atoms with van der Waals surface area (Å²) in [6, 6.07) is 17.2. The van der Waals surface area contributed by atoms with Gasteiger partial charge in [-0.15, -0.1) is 0 Å². The van der Waals surface area contributed by atoms with E-state index in [-0.39, 0.29) is 6.04 Å². The number of nitrogens with zero attached hydrogens (tertiary/aromatic N) is 1. The highest BCUT2D eigenvalue weighted by molar-refractivity contribution is 7.89. The van der Waals surface area contributed by atoms with E-state index in [2.05, 4.69) is 5.32 Å². The summed E-state index contributed by atoms with van der Waals surface area (Å²) in [7, 11) is -3.43. The molecule has 0 amide bonds. The summed E-state index contributed by atoms with van der Waals surface area (Å²) in [6.07, 6.45) is 0. The zero-order valence-electron chi connectivity index (χ0n) is 12.6. The first-order valence-electron chi connectivity index (χ1n) is 7.46. The second kappa shape index (κ2) is 6.20. The van der Waals surface area contributed by atoms with Crippen molar-refractivity contribution in [1.29, 1.82) is 0 Å². The Morgan fingerprint density at radius 2 is 1.77 bits per heavy atom. The number of piperazine rings is 1. The van der Waals surface area contributed by atoms with Gasteiger partial charge in [0.15, 0.2) is 0 Å². The van der Waals surface area contributed by atoms with Crippen LogP contribution in [-0.2, 0) is 10.0 Å². The SMILES string of the molecule is CC1CN(S(=O)(=O)c2cccc(-c3ccccc3)c2)CCN1. The lowest BCUT2D eigenvalue weighted by Gasteiger charge is -2.31. The fourth-order valence-electron chi connectivity index (χ4n) is 2.73. The molecule has 0 spiro atoms. The molecule has 1 aliphatic heterocycles. The Hall–Kier alpha value is -1.69. The van der Waals surface area contributed by atoms with Gasteiger partial charge in [0.25, 0.3) is 0 Å². The molecular formula is C17H20N2O2S. The van der Waals surface area contributed by atoms with Crippen LogP contribution in [-0.4, -0.2) is 38.4 Å². The summed E-state index contributed by atoms with van der Waals surface area (Å²) in [4.78, 5) is 0.364.